The molecule has 0 saturated heterocycles. The fraction of sp³-hybridized carbons (Fsp3) is 0.364. The fourth-order valence-electron chi connectivity index (χ4n) is 1.85. The first-order valence-corrected chi connectivity index (χ1v) is 8.60. The molecular weight excluding hydrogens is 312 g/mol. The van der Waals surface area contributed by atoms with Gasteiger partial charge in [0.05, 0.1) is 11.7 Å². The van der Waals surface area contributed by atoms with Crippen molar-refractivity contribution in [3.63, 3.8) is 0 Å². The quantitative estimate of drug-likeness (QED) is 0.775. The van der Waals surface area contributed by atoms with Crippen LogP contribution >= 0.6 is 11.8 Å². The molecule has 3 N–H and O–H groups in total. The van der Waals surface area contributed by atoms with Crippen LogP contribution in [-0.4, -0.2) is 35.7 Å². The summed E-state index contributed by atoms with van der Waals surface area (Å²) in [6, 6.07) is 5.16. The summed E-state index contributed by atoms with van der Waals surface area (Å²) in [6.07, 6.45) is 2.17. The first kappa shape index (κ1) is 14.3. The van der Waals surface area contributed by atoms with Crippen LogP contribution in [0.2, 0.25) is 0 Å². The molecule has 0 unspecified atom stereocenters. The molecule has 0 radical (unpaired) electrons. The van der Waals surface area contributed by atoms with Crippen molar-refractivity contribution in [2.45, 2.75) is 33.8 Å². The first-order valence-electron chi connectivity index (χ1n) is 6.30. The Morgan fingerprint density at radius 3 is 2.81 bits per heavy atom. The van der Waals surface area contributed by atoms with Gasteiger partial charge in [-0.1, -0.05) is 0 Å². The molecule has 0 bridgehead atoms. The Balaban J connectivity index is 1.87. The van der Waals surface area contributed by atoms with Crippen molar-refractivity contribution in [2.75, 3.05) is 12.8 Å². The molecule has 1 aromatic heterocycles. The molecule has 0 atom stereocenters. The Morgan fingerprint density at radius 2 is 2.19 bits per heavy atom. The van der Waals surface area contributed by atoms with E-state index in [2.05, 4.69) is 20.2 Å². The van der Waals surface area contributed by atoms with E-state index in [9.17, 15) is 8.42 Å². The molecule has 0 amide bonds. The Hall–Kier alpha value is -1.65. The number of hydrogen-bond donors (Lipinski definition) is 2. The number of anilines is 1. The number of sulfonamides is 1. The van der Waals surface area contributed by atoms with Gasteiger partial charge in [-0.2, -0.15) is 0 Å². The van der Waals surface area contributed by atoms with Gasteiger partial charge in [0.25, 0.3) is 0 Å². The molecule has 0 aliphatic heterocycles. The number of nitrogens with two attached hydrogens (primary N) is 1. The van der Waals surface area contributed by atoms with Crippen LogP contribution in [0.15, 0.2) is 33.1 Å². The molecule has 1 aromatic carbocycles. The van der Waals surface area contributed by atoms with E-state index in [0.29, 0.717) is 11.2 Å². The molecule has 1 heterocycles. The van der Waals surface area contributed by atoms with Gasteiger partial charge in [-0.15, -0.1) is 5.10 Å². The third-order valence-electron chi connectivity index (χ3n) is 3.10. The Kier molecular flexibility index (Phi) is 3.59. The van der Waals surface area contributed by atoms with Gasteiger partial charge in [-0.3, -0.25) is 0 Å². The number of nitrogen functional groups attached to an aromatic ring is 1. The van der Waals surface area contributed by atoms with E-state index in [1.807, 2.05) is 0 Å². The Bertz CT molecular complexity index is 769. The monoisotopic (exact) mass is 326 g/mol. The predicted octanol–water partition coefficient (Wildman–Crippen LogP) is 0.649. The van der Waals surface area contributed by atoms with Crippen LogP contribution in [0.1, 0.15) is 18.9 Å². The zero-order chi connectivity index (χ0) is 15.0. The van der Waals surface area contributed by atoms with E-state index < -0.39 is 10.0 Å². The topological polar surface area (TPSA) is 116 Å². The number of nitrogens with one attached hydrogen (secondary N) is 1. The SMILES string of the molecule is CNS(=O)(=O)c1ccc(Sc2nnnn2C2CC2)cc1N. The van der Waals surface area contributed by atoms with E-state index in [4.69, 9.17) is 5.73 Å². The van der Waals surface area contributed by atoms with Crippen LogP contribution in [0.5, 0.6) is 0 Å². The zero-order valence-corrected chi connectivity index (χ0v) is 12.9. The second kappa shape index (κ2) is 5.28. The van der Waals surface area contributed by atoms with Crippen molar-refractivity contribution in [1.29, 1.82) is 0 Å². The predicted molar refractivity (Wildman–Crippen MR) is 77.3 cm³/mol. The Labute approximate surface area is 126 Å². The van der Waals surface area contributed by atoms with Gasteiger partial charge >= 0.3 is 0 Å². The second-order valence-corrected chi connectivity index (χ2v) is 7.54. The lowest BCUT2D eigenvalue weighted by Crippen LogP contribution is -2.19. The number of tetrazole rings is 1. The fourth-order valence-corrected chi connectivity index (χ4v) is 3.58. The average molecular weight is 326 g/mol. The van der Waals surface area contributed by atoms with E-state index in [1.54, 1.807) is 16.8 Å². The van der Waals surface area contributed by atoms with Crippen molar-refractivity contribution in [3.05, 3.63) is 18.2 Å². The third-order valence-corrected chi connectivity index (χ3v) is 5.53. The van der Waals surface area contributed by atoms with Crippen molar-refractivity contribution in [1.82, 2.24) is 24.9 Å². The molecular formula is C11H14N6O2S2. The number of nitrogens with zero attached hydrogens (tertiary/aromatic N) is 4. The molecule has 21 heavy (non-hydrogen) atoms. The van der Waals surface area contributed by atoms with Crippen LogP contribution in [0.4, 0.5) is 5.69 Å². The normalized spacial score (nSPS) is 15.3. The lowest BCUT2D eigenvalue weighted by atomic mass is 10.3. The van der Waals surface area contributed by atoms with Gasteiger partial charge in [-0.25, -0.2) is 17.8 Å². The number of aromatic nitrogens is 4. The van der Waals surface area contributed by atoms with Gasteiger partial charge in [0, 0.05) is 4.90 Å². The molecule has 1 fully saturated rings. The van der Waals surface area contributed by atoms with Gasteiger partial charge in [-0.05, 0) is 60.3 Å². The van der Waals surface area contributed by atoms with E-state index in [0.717, 1.165) is 17.7 Å². The minimum Gasteiger partial charge on any atom is -0.398 e. The average Bonchev–Trinajstić information content (AvgIpc) is 3.19. The molecule has 1 saturated carbocycles. The highest BCUT2D eigenvalue weighted by Gasteiger charge is 2.28. The summed E-state index contributed by atoms with van der Waals surface area (Å²) in [6.45, 7) is 0. The minimum absolute atomic E-state index is 0.0659. The smallest absolute Gasteiger partial charge is 0.242 e. The maximum absolute atomic E-state index is 11.8. The van der Waals surface area contributed by atoms with Gasteiger partial charge in [0.1, 0.15) is 4.90 Å². The summed E-state index contributed by atoms with van der Waals surface area (Å²) in [5.74, 6) is 0. The van der Waals surface area contributed by atoms with E-state index in [1.165, 1.54) is 24.9 Å². The van der Waals surface area contributed by atoms with Crippen molar-refractivity contribution >= 4 is 27.5 Å². The number of benzene rings is 1. The molecule has 1 aliphatic carbocycles. The molecule has 3 rings (SSSR count). The maximum atomic E-state index is 11.8. The van der Waals surface area contributed by atoms with E-state index in [-0.39, 0.29) is 10.6 Å². The van der Waals surface area contributed by atoms with E-state index >= 15 is 0 Å². The van der Waals surface area contributed by atoms with Gasteiger partial charge < -0.3 is 5.73 Å². The number of hydrogen-bond acceptors (Lipinski definition) is 7. The highest BCUT2D eigenvalue weighted by molar-refractivity contribution is 7.99. The van der Waals surface area contributed by atoms with Crippen LogP contribution in [0.3, 0.4) is 0 Å². The lowest BCUT2D eigenvalue weighted by molar-refractivity contribution is 0.565. The maximum Gasteiger partial charge on any atom is 0.242 e. The summed E-state index contributed by atoms with van der Waals surface area (Å²) in [7, 11) is -2.20. The summed E-state index contributed by atoms with van der Waals surface area (Å²) in [5.41, 5.74) is 6.03. The van der Waals surface area contributed by atoms with Gasteiger partial charge in [0.2, 0.25) is 15.2 Å². The standard InChI is InChI=1S/C11H14N6O2S2/c1-13-21(18,19)10-5-4-8(6-9(10)12)20-11-14-15-16-17(11)7-2-3-7/h4-7,13H,2-3,12H2,1H3. The molecule has 8 nitrogen and oxygen atoms in total. The summed E-state index contributed by atoms with van der Waals surface area (Å²) in [5, 5.41) is 12.3. The lowest BCUT2D eigenvalue weighted by Gasteiger charge is -2.08. The largest absolute Gasteiger partial charge is 0.398 e. The minimum atomic E-state index is -3.55. The van der Waals surface area contributed by atoms with Crippen LogP contribution in [0.25, 0.3) is 0 Å². The molecule has 0 spiro atoms. The van der Waals surface area contributed by atoms with Crippen LogP contribution < -0.4 is 10.5 Å². The Morgan fingerprint density at radius 1 is 1.43 bits per heavy atom. The first-order chi connectivity index (χ1) is 10.0. The second-order valence-electron chi connectivity index (χ2n) is 4.65. The van der Waals surface area contributed by atoms with Crippen LogP contribution in [-0.2, 0) is 10.0 Å². The van der Waals surface area contributed by atoms with Crippen molar-refractivity contribution < 1.29 is 8.42 Å². The van der Waals surface area contributed by atoms with Gasteiger partial charge in [0.15, 0.2) is 0 Å². The highest BCUT2D eigenvalue weighted by atomic mass is 32.2. The zero-order valence-electron chi connectivity index (χ0n) is 11.2. The number of rotatable bonds is 5. The van der Waals surface area contributed by atoms with Crippen molar-refractivity contribution in [3.8, 4) is 0 Å². The van der Waals surface area contributed by atoms with Crippen LogP contribution in [0, 0.1) is 0 Å². The molecule has 10 heteroatoms. The highest BCUT2D eigenvalue weighted by Crippen LogP contribution is 2.38. The summed E-state index contributed by atoms with van der Waals surface area (Å²) < 4.78 is 27.6. The molecule has 112 valence electrons. The summed E-state index contributed by atoms with van der Waals surface area (Å²) in [4.78, 5) is 0.857. The summed E-state index contributed by atoms with van der Waals surface area (Å²) >= 11 is 1.36. The third kappa shape index (κ3) is 2.87. The molecule has 1 aliphatic rings. The molecule has 2 aromatic rings. The van der Waals surface area contributed by atoms with Crippen molar-refractivity contribution in [2.24, 2.45) is 0 Å².